The van der Waals surface area contributed by atoms with E-state index >= 15 is 0 Å². The summed E-state index contributed by atoms with van der Waals surface area (Å²) in [5, 5.41) is 7.59. The quantitative estimate of drug-likeness (QED) is 0.868. The highest BCUT2D eigenvalue weighted by Gasteiger charge is 2.18. The van der Waals surface area contributed by atoms with Gasteiger partial charge >= 0.3 is 0 Å². The topological polar surface area (TPSA) is 55.3 Å². The summed E-state index contributed by atoms with van der Waals surface area (Å²) >= 11 is 6.71. The molecule has 0 aliphatic heterocycles. The first-order valence-electron chi connectivity index (χ1n) is 5.03. The molecule has 0 N–H and O–H groups in total. The Morgan fingerprint density at radius 3 is 2.50 bits per heavy atom. The van der Waals surface area contributed by atoms with Crippen molar-refractivity contribution in [3.8, 4) is 5.75 Å². The van der Waals surface area contributed by atoms with Gasteiger partial charge in [-0.25, -0.2) is 0 Å². The van der Waals surface area contributed by atoms with Gasteiger partial charge in [-0.05, 0) is 35.9 Å². The third-order valence-electron chi connectivity index (χ3n) is 2.35. The van der Waals surface area contributed by atoms with E-state index in [-0.39, 0.29) is 15.4 Å². The van der Waals surface area contributed by atoms with E-state index in [1.54, 1.807) is 38.4 Å². The lowest BCUT2D eigenvalue weighted by atomic mass is 10.3. The molecule has 18 heavy (non-hydrogen) atoms. The van der Waals surface area contributed by atoms with Gasteiger partial charge in [0.2, 0.25) is 9.47 Å². The molecule has 0 saturated carbocycles. The number of ether oxygens (including phenoxy) is 1. The fourth-order valence-electron chi connectivity index (χ4n) is 1.36. The molecule has 2 rings (SSSR count). The average Bonchev–Trinajstić information content (AvgIpc) is 2.84. The molecule has 2 aromatic rings. The van der Waals surface area contributed by atoms with Gasteiger partial charge in [-0.3, -0.25) is 4.79 Å². The molecule has 1 aromatic heterocycles. The average molecular weight is 284 g/mol. The van der Waals surface area contributed by atoms with Gasteiger partial charge in [-0.2, -0.15) is 0 Å². The van der Waals surface area contributed by atoms with E-state index in [2.05, 4.69) is 10.2 Å². The van der Waals surface area contributed by atoms with Gasteiger partial charge in [0, 0.05) is 12.7 Å². The number of nitrogens with zero attached hydrogens (tertiary/aromatic N) is 3. The van der Waals surface area contributed by atoms with Crippen LogP contribution in [0.2, 0.25) is 4.47 Å². The molecule has 0 aliphatic carbocycles. The zero-order chi connectivity index (χ0) is 13.1. The van der Waals surface area contributed by atoms with Crippen LogP contribution >= 0.6 is 22.9 Å². The molecule has 0 spiro atoms. The molecular formula is C11H10ClN3O2S. The minimum absolute atomic E-state index is 0.246. The van der Waals surface area contributed by atoms with Crippen molar-refractivity contribution < 1.29 is 9.53 Å². The molecule has 1 aromatic carbocycles. The minimum Gasteiger partial charge on any atom is -0.497 e. The molecule has 0 atom stereocenters. The first-order chi connectivity index (χ1) is 8.61. The van der Waals surface area contributed by atoms with Crippen molar-refractivity contribution in [3.63, 3.8) is 0 Å². The molecule has 0 radical (unpaired) electrons. The van der Waals surface area contributed by atoms with E-state index in [0.717, 1.165) is 22.8 Å². The Morgan fingerprint density at radius 2 is 2.00 bits per heavy atom. The summed E-state index contributed by atoms with van der Waals surface area (Å²) in [5.74, 6) is 0.489. The maximum absolute atomic E-state index is 12.1. The van der Waals surface area contributed by atoms with Crippen LogP contribution in [0, 0.1) is 0 Å². The number of rotatable bonds is 3. The number of methoxy groups -OCH3 is 1. The number of hydrogen-bond acceptors (Lipinski definition) is 5. The number of halogens is 1. The number of hydrogen-bond donors (Lipinski definition) is 0. The van der Waals surface area contributed by atoms with E-state index < -0.39 is 0 Å². The highest BCUT2D eigenvalue weighted by atomic mass is 35.5. The summed E-state index contributed by atoms with van der Waals surface area (Å²) < 4.78 is 5.31. The third kappa shape index (κ3) is 2.60. The molecule has 0 unspecified atom stereocenters. The Balaban J connectivity index is 2.19. The van der Waals surface area contributed by atoms with Crippen LogP contribution in [-0.4, -0.2) is 30.3 Å². The van der Waals surface area contributed by atoms with Crippen molar-refractivity contribution in [2.45, 2.75) is 0 Å². The predicted octanol–water partition coefficient (Wildman–Crippen LogP) is 2.48. The second-order valence-electron chi connectivity index (χ2n) is 3.42. The summed E-state index contributed by atoms with van der Waals surface area (Å²) in [6, 6.07) is 7.15. The molecule has 1 amide bonds. The highest BCUT2D eigenvalue weighted by Crippen LogP contribution is 2.22. The van der Waals surface area contributed by atoms with Crippen molar-refractivity contribution in [3.05, 3.63) is 33.7 Å². The van der Waals surface area contributed by atoms with Gasteiger partial charge in [-0.1, -0.05) is 11.3 Å². The van der Waals surface area contributed by atoms with Crippen LogP contribution in [0.5, 0.6) is 5.75 Å². The van der Waals surface area contributed by atoms with Crippen molar-refractivity contribution in [1.82, 2.24) is 10.2 Å². The van der Waals surface area contributed by atoms with E-state index in [9.17, 15) is 4.79 Å². The van der Waals surface area contributed by atoms with E-state index in [1.807, 2.05) is 0 Å². The van der Waals surface area contributed by atoms with E-state index in [1.165, 1.54) is 4.90 Å². The number of anilines is 1. The second-order valence-corrected chi connectivity index (χ2v) is 4.98. The standard InChI is InChI=1S/C11H10ClN3O2S/c1-15(7-3-5-8(17-2)6-4-7)10(16)9-13-14-11(12)18-9/h3-6H,1-2H3. The van der Waals surface area contributed by atoms with Gasteiger partial charge < -0.3 is 9.64 Å². The van der Waals surface area contributed by atoms with Crippen LogP contribution in [0.3, 0.4) is 0 Å². The molecule has 94 valence electrons. The Kier molecular flexibility index (Phi) is 3.78. The van der Waals surface area contributed by atoms with Crippen LogP contribution < -0.4 is 9.64 Å². The number of carbonyl (C=O) groups excluding carboxylic acids is 1. The van der Waals surface area contributed by atoms with Gasteiger partial charge in [0.05, 0.1) is 7.11 Å². The monoisotopic (exact) mass is 283 g/mol. The smallest absolute Gasteiger partial charge is 0.289 e. The number of benzene rings is 1. The van der Waals surface area contributed by atoms with Crippen molar-refractivity contribution in [2.24, 2.45) is 0 Å². The summed E-state index contributed by atoms with van der Waals surface area (Å²) in [7, 11) is 3.26. The number of carbonyl (C=O) groups is 1. The van der Waals surface area contributed by atoms with Crippen LogP contribution in [-0.2, 0) is 0 Å². The van der Waals surface area contributed by atoms with Gasteiger partial charge in [0.25, 0.3) is 5.91 Å². The molecule has 0 aliphatic rings. The van der Waals surface area contributed by atoms with Crippen LogP contribution in [0.15, 0.2) is 24.3 Å². The zero-order valence-corrected chi connectivity index (χ0v) is 11.3. The molecule has 0 saturated heterocycles. The third-order valence-corrected chi connectivity index (χ3v) is 3.35. The normalized spacial score (nSPS) is 10.2. The van der Waals surface area contributed by atoms with Gasteiger partial charge in [0.15, 0.2) is 0 Å². The lowest BCUT2D eigenvalue weighted by Gasteiger charge is -2.15. The van der Waals surface area contributed by atoms with Crippen molar-refractivity contribution in [1.29, 1.82) is 0 Å². The maximum atomic E-state index is 12.1. The fraction of sp³-hybridized carbons (Fsp3) is 0.182. The summed E-state index contributed by atoms with van der Waals surface area (Å²) in [6.45, 7) is 0. The summed E-state index contributed by atoms with van der Waals surface area (Å²) in [5.41, 5.74) is 0.743. The zero-order valence-electron chi connectivity index (χ0n) is 9.75. The largest absolute Gasteiger partial charge is 0.497 e. The first kappa shape index (κ1) is 12.8. The maximum Gasteiger partial charge on any atom is 0.289 e. The number of aromatic nitrogens is 2. The lowest BCUT2D eigenvalue weighted by molar-refractivity contribution is 0.0992. The second kappa shape index (κ2) is 5.32. The Labute approximate surface area is 113 Å². The van der Waals surface area contributed by atoms with Gasteiger partial charge in [-0.15, -0.1) is 10.2 Å². The van der Waals surface area contributed by atoms with Gasteiger partial charge in [0.1, 0.15) is 5.75 Å². The summed E-state index contributed by atoms with van der Waals surface area (Å²) in [4.78, 5) is 13.5. The lowest BCUT2D eigenvalue weighted by Crippen LogP contribution is -2.26. The van der Waals surface area contributed by atoms with Crippen LogP contribution in [0.1, 0.15) is 9.80 Å². The Morgan fingerprint density at radius 1 is 1.33 bits per heavy atom. The van der Waals surface area contributed by atoms with Crippen LogP contribution in [0.4, 0.5) is 5.69 Å². The van der Waals surface area contributed by atoms with E-state index in [0.29, 0.717) is 0 Å². The molecule has 0 bridgehead atoms. The predicted molar refractivity (Wildman–Crippen MR) is 70.6 cm³/mol. The SMILES string of the molecule is COc1ccc(N(C)C(=O)c2nnc(Cl)s2)cc1. The first-order valence-corrected chi connectivity index (χ1v) is 6.22. The molecule has 1 heterocycles. The highest BCUT2D eigenvalue weighted by molar-refractivity contribution is 7.17. The van der Waals surface area contributed by atoms with Crippen molar-refractivity contribution in [2.75, 3.05) is 19.1 Å². The summed E-state index contributed by atoms with van der Waals surface area (Å²) in [6.07, 6.45) is 0. The molecular weight excluding hydrogens is 274 g/mol. The fourth-order valence-corrected chi connectivity index (χ4v) is 2.16. The Hall–Kier alpha value is -1.66. The van der Waals surface area contributed by atoms with Crippen molar-refractivity contribution >= 4 is 34.5 Å². The molecule has 0 fully saturated rings. The minimum atomic E-state index is -0.246. The number of amides is 1. The van der Waals surface area contributed by atoms with Crippen LogP contribution in [0.25, 0.3) is 0 Å². The van der Waals surface area contributed by atoms with E-state index in [4.69, 9.17) is 16.3 Å². The molecule has 5 nitrogen and oxygen atoms in total. The Bertz CT molecular complexity index is 556. The molecule has 7 heteroatoms.